The van der Waals surface area contributed by atoms with E-state index in [1.165, 1.54) is 14.0 Å². The Labute approximate surface area is 167 Å². The van der Waals surface area contributed by atoms with Gasteiger partial charge >= 0.3 is 11.9 Å². The summed E-state index contributed by atoms with van der Waals surface area (Å²) in [5.41, 5.74) is 0.689. The molecule has 0 spiro atoms. The van der Waals surface area contributed by atoms with Crippen molar-refractivity contribution >= 4 is 73.4 Å². The second kappa shape index (κ2) is 13.6. The van der Waals surface area contributed by atoms with Crippen LogP contribution in [-0.2, 0) is 29.2 Å². The minimum atomic E-state index is -3.96. The van der Waals surface area contributed by atoms with Crippen molar-refractivity contribution in [2.75, 3.05) is 19.5 Å². The summed E-state index contributed by atoms with van der Waals surface area (Å²) in [5, 5.41) is 0. The summed E-state index contributed by atoms with van der Waals surface area (Å²) in [5.74, 6) is -1.31. The molecule has 0 amide bonds. The zero-order chi connectivity index (χ0) is 16.3. The third-order valence-corrected chi connectivity index (χ3v) is 2.47. The zero-order valence-corrected chi connectivity index (χ0v) is 16.8. The molecule has 1 N–H and O–H groups in total. The summed E-state index contributed by atoms with van der Waals surface area (Å²) in [6.45, 7) is 9.75. The molecular weight excluding hydrogens is 327 g/mol. The molecule has 1 radical (unpaired) electrons. The second-order valence-corrected chi connectivity index (χ2v) is 5.40. The SMILES string of the molecule is C=C(C)C(=O)OC.C=C(C)C(=O)OCCCS(=O)(=O)O.[K]. The number of methoxy groups -OCH3 is 1. The molecule has 7 nitrogen and oxygen atoms in total. The number of carbonyl (C=O) groups is 2. The summed E-state index contributed by atoms with van der Waals surface area (Å²) >= 11 is 0. The maximum absolute atomic E-state index is 10.7. The monoisotopic (exact) mass is 347 g/mol. The Morgan fingerprint density at radius 2 is 1.52 bits per heavy atom. The van der Waals surface area contributed by atoms with E-state index in [2.05, 4.69) is 22.6 Å². The van der Waals surface area contributed by atoms with Crippen molar-refractivity contribution in [1.82, 2.24) is 0 Å². The van der Waals surface area contributed by atoms with E-state index in [-0.39, 0.29) is 76.0 Å². The van der Waals surface area contributed by atoms with Crippen LogP contribution in [0.3, 0.4) is 0 Å². The molecule has 0 saturated carbocycles. The van der Waals surface area contributed by atoms with Crippen LogP contribution in [0.15, 0.2) is 24.3 Å². The molecule has 21 heavy (non-hydrogen) atoms. The van der Waals surface area contributed by atoms with Crippen molar-refractivity contribution in [3.63, 3.8) is 0 Å². The minimum absolute atomic E-state index is 0. The fraction of sp³-hybridized carbons (Fsp3) is 0.500. The van der Waals surface area contributed by atoms with Crippen LogP contribution in [0.25, 0.3) is 0 Å². The van der Waals surface area contributed by atoms with Crippen LogP contribution in [0.2, 0.25) is 0 Å². The molecule has 0 heterocycles. The zero-order valence-electron chi connectivity index (χ0n) is 12.8. The van der Waals surface area contributed by atoms with Crippen LogP contribution in [-0.4, -0.2) is 95.8 Å². The molecular formula is C12H20KO7S. The predicted molar refractivity (Wildman–Crippen MR) is 79.4 cm³/mol. The number of hydrogen-bond acceptors (Lipinski definition) is 6. The number of rotatable bonds is 6. The minimum Gasteiger partial charge on any atom is -0.466 e. The fourth-order valence-corrected chi connectivity index (χ4v) is 1.19. The van der Waals surface area contributed by atoms with E-state index in [4.69, 9.17) is 4.55 Å². The van der Waals surface area contributed by atoms with Crippen LogP contribution >= 0.6 is 0 Å². The van der Waals surface area contributed by atoms with Gasteiger partial charge in [0, 0.05) is 62.5 Å². The van der Waals surface area contributed by atoms with Gasteiger partial charge in [-0.25, -0.2) is 9.59 Å². The quantitative estimate of drug-likeness (QED) is 0.248. The molecule has 0 aromatic rings. The summed E-state index contributed by atoms with van der Waals surface area (Å²) < 4.78 is 37.6. The van der Waals surface area contributed by atoms with Crippen LogP contribution in [0.5, 0.6) is 0 Å². The molecule has 0 aliphatic heterocycles. The van der Waals surface area contributed by atoms with Gasteiger partial charge in [0.1, 0.15) is 0 Å². The molecule has 0 bridgehead atoms. The van der Waals surface area contributed by atoms with Crippen LogP contribution in [0, 0.1) is 0 Å². The first-order valence-electron chi connectivity index (χ1n) is 5.53. The van der Waals surface area contributed by atoms with Crippen LogP contribution in [0.4, 0.5) is 0 Å². The number of carbonyl (C=O) groups excluding carboxylic acids is 2. The number of ether oxygens (including phenoxy) is 2. The van der Waals surface area contributed by atoms with E-state index in [0.717, 1.165) is 0 Å². The van der Waals surface area contributed by atoms with E-state index in [1.54, 1.807) is 6.92 Å². The van der Waals surface area contributed by atoms with Crippen molar-refractivity contribution < 1.29 is 32.0 Å². The average Bonchev–Trinajstić information content (AvgIpc) is 2.32. The van der Waals surface area contributed by atoms with Gasteiger partial charge in [-0.1, -0.05) is 13.2 Å². The van der Waals surface area contributed by atoms with Crippen LogP contribution < -0.4 is 0 Å². The van der Waals surface area contributed by atoms with E-state index in [0.29, 0.717) is 5.57 Å². The molecule has 0 atom stereocenters. The van der Waals surface area contributed by atoms with E-state index in [9.17, 15) is 18.0 Å². The van der Waals surface area contributed by atoms with E-state index >= 15 is 0 Å². The molecule has 0 aromatic heterocycles. The topological polar surface area (TPSA) is 107 Å². The van der Waals surface area contributed by atoms with Crippen molar-refractivity contribution in [1.29, 1.82) is 0 Å². The molecule has 0 saturated heterocycles. The van der Waals surface area contributed by atoms with Gasteiger partial charge in [0.25, 0.3) is 10.1 Å². The van der Waals surface area contributed by atoms with Gasteiger partial charge in [0.2, 0.25) is 0 Å². The Hall–Kier alpha value is -0.0336. The average molecular weight is 347 g/mol. The summed E-state index contributed by atoms with van der Waals surface area (Å²) in [4.78, 5) is 20.9. The Kier molecular flexibility index (Phi) is 16.8. The Morgan fingerprint density at radius 1 is 1.10 bits per heavy atom. The first kappa shape index (κ1) is 25.9. The second-order valence-electron chi connectivity index (χ2n) is 3.83. The fourth-order valence-electron chi connectivity index (χ4n) is 0.704. The summed E-state index contributed by atoms with van der Waals surface area (Å²) in [6.07, 6.45) is 0.0812. The Bertz CT molecular complexity index is 468. The first-order chi connectivity index (χ1) is 9.01. The van der Waals surface area contributed by atoms with Gasteiger partial charge in [-0.2, -0.15) is 8.42 Å². The maximum Gasteiger partial charge on any atom is 0.333 e. The first-order valence-corrected chi connectivity index (χ1v) is 7.13. The summed E-state index contributed by atoms with van der Waals surface area (Å²) in [6, 6.07) is 0. The van der Waals surface area contributed by atoms with Gasteiger partial charge < -0.3 is 9.47 Å². The van der Waals surface area contributed by atoms with Crippen molar-refractivity contribution in [2.24, 2.45) is 0 Å². The normalized spacial score (nSPS) is 9.33. The molecule has 117 valence electrons. The van der Waals surface area contributed by atoms with Gasteiger partial charge in [-0.15, -0.1) is 0 Å². The number of esters is 2. The van der Waals surface area contributed by atoms with Crippen molar-refractivity contribution in [2.45, 2.75) is 20.3 Å². The summed E-state index contributed by atoms with van der Waals surface area (Å²) in [7, 11) is -2.63. The van der Waals surface area contributed by atoms with Crippen molar-refractivity contribution in [3.05, 3.63) is 24.3 Å². The molecule has 9 heteroatoms. The van der Waals surface area contributed by atoms with Crippen LogP contribution in [0.1, 0.15) is 20.3 Å². The Morgan fingerprint density at radius 3 is 1.76 bits per heavy atom. The maximum atomic E-state index is 10.7. The van der Waals surface area contributed by atoms with Gasteiger partial charge in [0.15, 0.2) is 0 Å². The van der Waals surface area contributed by atoms with E-state index < -0.39 is 21.8 Å². The largest absolute Gasteiger partial charge is 0.466 e. The van der Waals surface area contributed by atoms with Gasteiger partial charge in [-0.05, 0) is 20.3 Å². The standard InChI is InChI=1S/C7H12O5S.C5H8O2.K/c1-6(2)7(8)12-4-3-5-13(9,10)11;1-4(2)5(6)7-3;/h1,3-5H2,2H3,(H,9,10,11);1H2,2-3H3;. The molecule has 0 unspecified atom stereocenters. The molecule has 0 aliphatic rings. The third-order valence-electron chi connectivity index (χ3n) is 1.66. The van der Waals surface area contributed by atoms with Gasteiger partial charge in [-0.3, -0.25) is 4.55 Å². The third kappa shape index (κ3) is 20.0. The number of hydrogen-bond donors (Lipinski definition) is 1. The molecule has 0 rings (SSSR count). The molecule has 0 fully saturated rings. The van der Waals surface area contributed by atoms with Crippen molar-refractivity contribution in [3.8, 4) is 0 Å². The molecule has 0 aromatic carbocycles. The Balaban J connectivity index is -0.000000347. The van der Waals surface area contributed by atoms with Gasteiger partial charge in [0.05, 0.1) is 19.5 Å². The van der Waals surface area contributed by atoms with E-state index in [1.807, 2.05) is 0 Å². The smallest absolute Gasteiger partial charge is 0.333 e. The molecule has 0 aliphatic carbocycles. The predicted octanol–water partition coefficient (Wildman–Crippen LogP) is 0.738.